The van der Waals surface area contributed by atoms with Crippen molar-refractivity contribution in [3.05, 3.63) is 23.1 Å². The Balaban J connectivity index is 2.89. The number of rotatable bonds is 0. The molecule has 66 valence electrons. The number of aromatic nitrogens is 3. The Morgan fingerprint density at radius 1 is 1.38 bits per heavy atom. The third kappa shape index (κ3) is 1.29. The molecule has 0 bridgehead atoms. The van der Waals surface area contributed by atoms with E-state index in [-0.39, 0.29) is 0 Å². The molecule has 0 unspecified atom stereocenters. The molecule has 0 spiro atoms. The summed E-state index contributed by atoms with van der Waals surface area (Å²) >= 11 is 5.84. The van der Waals surface area contributed by atoms with Gasteiger partial charge < -0.3 is 5.73 Å². The van der Waals surface area contributed by atoms with Crippen molar-refractivity contribution in [1.82, 2.24) is 15.0 Å². The standard InChI is InChI=1S/C8H7ClN4/c1-4-2-5-6(13-7(4)9)8(10)12-3-11-5/h2-3H,1H3,(H2,10,11,12). The number of hydrogen-bond donors (Lipinski definition) is 1. The SMILES string of the molecule is Cc1cc2ncnc(N)c2nc1Cl. The summed E-state index contributed by atoms with van der Waals surface area (Å²) in [5.41, 5.74) is 7.76. The highest BCUT2D eigenvalue weighted by Crippen LogP contribution is 2.20. The van der Waals surface area contributed by atoms with E-state index in [0.29, 0.717) is 16.5 Å². The molecule has 0 fully saturated rings. The molecule has 4 nitrogen and oxygen atoms in total. The summed E-state index contributed by atoms with van der Waals surface area (Å²) in [6.45, 7) is 1.87. The van der Waals surface area contributed by atoms with Crippen molar-refractivity contribution in [1.29, 1.82) is 0 Å². The van der Waals surface area contributed by atoms with E-state index in [0.717, 1.165) is 11.1 Å². The van der Waals surface area contributed by atoms with Crippen LogP contribution in [0.2, 0.25) is 5.15 Å². The predicted molar refractivity (Wildman–Crippen MR) is 51.5 cm³/mol. The van der Waals surface area contributed by atoms with Gasteiger partial charge in [0.1, 0.15) is 17.0 Å². The van der Waals surface area contributed by atoms with E-state index in [2.05, 4.69) is 15.0 Å². The number of fused-ring (bicyclic) bond motifs is 1. The van der Waals surface area contributed by atoms with E-state index >= 15 is 0 Å². The third-order valence-electron chi connectivity index (χ3n) is 1.77. The quantitative estimate of drug-likeness (QED) is 0.647. The van der Waals surface area contributed by atoms with Crippen LogP contribution in [0.25, 0.3) is 11.0 Å². The number of nitrogen functional groups attached to an aromatic ring is 1. The molecular weight excluding hydrogens is 188 g/mol. The number of nitrogens with two attached hydrogens (primary N) is 1. The number of pyridine rings is 1. The van der Waals surface area contributed by atoms with Crippen LogP contribution in [0.1, 0.15) is 5.56 Å². The second-order valence-corrected chi connectivity index (χ2v) is 3.08. The van der Waals surface area contributed by atoms with Gasteiger partial charge in [-0.2, -0.15) is 0 Å². The van der Waals surface area contributed by atoms with Gasteiger partial charge in [-0.15, -0.1) is 0 Å². The first-order chi connectivity index (χ1) is 6.18. The van der Waals surface area contributed by atoms with Crippen LogP contribution < -0.4 is 5.73 Å². The largest absolute Gasteiger partial charge is 0.382 e. The Morgan fingerprint density at radius 3 is 2.92 bits per heavy atom. The average Bonchev–Trinajstić information content (AvgIpc) is 2.09. The van der Waals surface area contributed by atoms with Gasteiger partial charge in [0.15, 0.2) is 5.82 Å². The molecule has 2 aromatic rings. The Morgan fingerprint density at radius 2 is 2.15 bits per heavy atom. The zero-order valence-electron chi connectivity index (χ0n) is 6.95. The van der Waals surface area contributed by atoms with Crippen LogP contribution >= 0.6 is 11.6 Å². The van der Waals surface area contributed by atoms with Crippen molar-refractivity contribution in [3.63, 3.8) is 0 Å². The number of halogens is 1. The van der Waals surface area contributed by atoms with Crippen LogP contribution in [0, 0.1) is 6.92 Å². The van der Waals surface area contributed by atoms with Gasteiger partial charge in [-0.3, -0.25) is 0 Å². The third-order valence-corrected chi connectivity index (χ3v) is 2.15. The highest BCUT2D eigenvalue weighted by atomic mass is 35.5. The summed E-state index contributed by atoms with van der Waals surface area (Å²) in [5.74, 6) is 0.354. The van der Waals surface area contributed by atoms with Crippen molar-refractivity contribution >= 4 is 28.5 Å². The van der Waals surface area contributed by atoms with Gasteiger partial charge in [-0.1, -0.05) is 11.6 Å². The molecule has 0 atom stereocenters. The van der Waals surface area contributed by atoms with Gasteiger partial charge in [0.25, 0.3) is 0 Å². The van der Waals surface area contributed by atoms with Gasteiger partial charge >= 0.3 is 0 Å². The minimum Gasteiger partial charge on any atom is -0.382 e. The van der Waals surface area contributed by atoms with E-state index in [1.807, 2.05) is 13.0 Å². The number of aryl methyl sites for hydroxylation is 1. The molecule has 0 radical (unpaired) electrons. The summed E-state index contributed by atoms with van der Waals surface area (Å²) in [6.07, 6.45) is 1.41. The first kappa shape index (κ1) is 8.19. The van der Waals surface area contributed by atoms with Crippen molar-refractivity contribution in [2.45, 2.75) is 6.92 Å². The maximum Gasteiger partial charge on any atom is 0.153 e. The van der Waals surface area contributed by atoms with Crippen LogP contribution in [0.4, 0.5) is 5.82 Å². The maximum absolute atomic E-state index is 5.84. The first-order valence-corrected chi connectivity index (χ1v) is 4.09. The first-order valence-electron chi connectivity index (χ1n) is 3.72. The molecule has 2 aromatic heterocycles. The lowest BCUT2D eigenvalue weighted by molar-refractivity contribution is 1.19. The molecule has 0 saturated heterocycles. The number of anilines is 1. The second kappa shape index (κ2) is 2.81. The maximum atomic E-state index is 5.84. The molecular formula is C8H7ClN4. The summed E-state index contributed by atoms with van der Waals surface area (Å²) < 4.78 is 0. The smallest absolute Gasteiger partial charge is 0.153 e. The Labute approximate surface area is 79.8 Å². The fourth-order valence-electron chi connectivity index (χ4n) is 1.08. The van der Waals surface area contributed by atoms with Crippen molar-refractivity contribution < 1.29 is 0 Å². The summed E-state index contributed by atoms with van der Waals surface area (Å²) in [5, 5.41) is 0.439. The molecule has 5 heteroatoms. The molecule has 0 amide bonds. The lowest BCUT2D eigenvalue weighted by Gasteiger charge is -2.01. The molecule has 2 heterocycles. The molecule has 0 aliphatic rings. The van der Waals surface area contributed by atoms with Crippen LogP contribution in [-0.4, -0.2) is 15.0 Å². The van der Waals surface area contributed by atoms with Gasteiger partial charge in [0, 0.05) is 0 Å². The molecule has 0 aromatic carbocycles. The van der Waals surface area contributed by atoms with E-state index in [1.54, 1.807) is 0 Å². The molecule has 2 N–H and O–H groups in total. The van der Waals surface area contributed by atoms with Gasteiger partial charge in [-0.25, -0.2) is 15.0 Å². The molecule has 13 heavy (non-hydrogen) atoms. The van der Waals surface area contributed by atoms with Crippen LogP contribution in [0.5, 0.6) is 0 Å². The Kier molecular flexibility index (Phi) is 1.77. The topological polar surface area (TPSA) is 64.7 Å². The van der Waals surface area contributed by atoms with E-state index in [9.17, 15) is 0 Å². The normalized spacial score (nSPS) is 10.6. The molecule has 0 aliphatic carbocycles. The van der Waals surface area contributed by atoms with Crippen LogP contribution in [-0.2, 0) is 0 Å². The lowest BCUT2D eigenvalue weighted by Crippen LogP contribution is -1.96. The highest BCUT2D eigenvalue weighted by Gasteiger charge is 2.04. The van der Waals surface area contributed by atoms with Crippen molar-refractivity contribution in [3.8, 4) is 0 Å². The zero-order valence-corrected chi connectivity index (χ0v) is 7.71. The molecule has 2 rings (SSSR count). The summed E-state index contributed by atoms with van der Waals surface area (Å²) in [6, 6.07) is 1.84. The van der Waals surface area contributed by atoms with Gasteiger partial charge in [-0.05, 0) is 18.6 Å². The zero-order chi connectivity index (χ0) is 9.42. The van der Waals surface area contributed by atoms with Gasteiger partial charge in [0.05, 0.1) is 5.52 Å². The minimum atomic E-state index is 0.354. The van der Waals surface area contributed by atoms with E-state index in [4.69, 9.17) is 17.3 Å². The Hall–Kier alpha value is -1.42. The Bertz CT molecular complexity index is 469. The fourth-order valence-corrected chi connectivity index (χ4v) is 1.22. The minimum absolute atomic E-state index is 0.354. The summed E-state index contributed by atoms with van der Waals surface area (Å²) in [4.78, 5) is 11.9. The molecule has 0 saturated carbocycles. The van der Waals surface area contributed by atoms with E-state index in [1.165, 1.54) is 6.33 Å². The van der Waals surface area contributed by atoms with E-state index < -0.39 is 0 Å². The number of nitrogens with zero attached hydrogens (tertiary/aromatic N) is 3. The van der Waals surface area contributed by atoms with Crippen LogP contribution in [0.3, 0.4) is 0 Å². The average molecular weight is 195 g/mol. The highest BCUT2D eigenvalue weighted by molar-refractivity contribution is 6.30. The monoisotopic (exact) mass is 194 g/mol. The number of hydrogen-bond acceptors (Lipinski definition) is 4. The predicted octanol–water partition coefficient (Wildman–Crippen LogP) is 1.57. The van der Waals surface area contributed by atoms with Crippen molar-refractivity contribution in [2.24, 2.45) is 0 Å². The molecule has 0 aliphatic heterocycles. The summed E-state index contributed by atoms with van der Waals surface area (Å²) in [7, 11) is 0. The van der Waals surface area contributed by atoms with Gasteiger partial charge in [0.2, 0.25) is 0 Å². The lowest BCUT2D eigenvalue weighted by atomic mass is 10.2. The fraction of sp³-hybridized carbons (Fsp3) is 0.125. The van der Waals surface area contributed by atoms with Crippen LogP contribution in [0.15, 0.2) is 12.4 Å². The second-order valence-electron chi connectivity index (χ2n) is 2.72. The van der Waals surface area contributed by atoms with Crippen molar-refractivity contribution in [2.75, 3.05) is 5.73 Å².